The summed E-state index contributed by atoms with van der Waals surface area (Å²) in [5.41, 5.74) is 0. The minimum absolute atomic E-state index is 0.0749. The molecule has 20 heavy (non-hydrogen) atoms. The Morgan fingerprint density at radius 2 is 1.85 bits per heavy atom. The van der Waals surface area contributed by atoms with Crippen molar-refractivity contribution in [2.45, 2.75) is 76.0 Å². The fourth-order valence-electron chi connectivity index (χ4n) is 3.41. The summed E-state index contributed by atoms with van der Waals surface area (Å²) in [5.74, 6) is 0.301. The van der Waals surface area contributed by atoms with Crippen molar-refractivity contribution < 1.29 is 9.53 Å². The van der Waals surface area contributed by atoms with E-state index in [0.29, 0.717) is 24.7 Å². The van der Waals surface area contributed by atoms with Crippen LogP contribution < -0.4 is 5.32 Å². The Hall–Kier alpha value is -0.610. The zero-order valence-corrected chi connectivity index (χ0v) is 12.5. The van der Waals surface area contributed by atoms with Gasteiger partial charge in [-0.1, -0.05) is 19.3 Å². The fourth-order valence-corrected chi connectivity index (χ4v) is 3.41. The predicted molar refractivity (Wildman–Crippen MR) is 78.6 cm³/mol. The smallest absolute Gasteiger partial charge is 0.239 e. The summed E-state index contributed by atoms with van der Waals surface area (Å²) in [7, 11) is 0. The van der Waals surface area contributed by atoms with Crippen molar-refractivity contribution in [3.63, 3.8) is 0 Å². The summed E-state index contributed by atoms with van der Waals surface area (Å²) < 4.78 is 5.95. The second-order valence-corrected chi connectivity index (χ2v) is 6.59. The second-order valence-electron chi connectivity index (χ2n) is 6.59. The molecule has 114 valence electrons. The lowest BCUT2D eigenvalue weighted by Crippen LogP contribution is -2.52. The maximum atomic E-state index is 12.4. The lowest BCUT2D eigenvalue weighted by atomic mass is 9.98. The zero-order chi connectivity index (χ0) is 13.8. The molecular weight excluding hydrogens is 252 g/mol. The van der Waals surface area contributed by atoms with Gasteiger partial charge in [-0.2, -0.15) is 0 Å². The highest BCUT2D eigenvalue weighted by atomic mass is 16.5. The van der Waals surface area contributed by atoms with Crippen molar-refractivity contribution in [2.75, 3.05) is 19.7 Å². The molecule has 4 heteroatoms. The summed E-state index contributed by atoms with van der Waals surface area (Å²) in [6.07, 6.45) is 11.5. The van der Waals surface area contributed by atoms with Gasteiger partial charge < -0.3 is 15.0 Å². The molecule has 0 spiro atoms. The first-order chi connectivity index (χ1) is 9.83. The molecule has 1 heterocycles. The third-order valence-corrected chi connectivity index (χ3v) is 4.81. The number of nitrogens with zero attached hydrogens (tertiary/aromatic N) is 1. The van der Waals surface area contributed by atoms with Crippen LogP contribution in [0.5, 0.6) is 0 Å². The fraction of sp³-hybridized carbons (Fsp3) is 0.938. The van der Waals surface area contributed by atoms with Crippen molar-refractivity contribution in [3.8, 4) is 0 Å². The van der Waals surface area contributed by atoms with E-state index in [9.17, 15) is 4.79 Å². The van der Waals surface area contributed by atoms with E-state index in [1.807, 2.05) is 4.90 Å². The van der Waals surface area contributed by atoms with Crippen LogP contribution in [0, 0.1) is 0 Å². The number of piperidine rings is 1. The molecule has 0 radical (unpaired) electrons. The van der Waals surface area contributed by atoms with E-state index in [4.69, 9.17) is 4.74 Å². The highest BCUT2D eigenvalue weighted by molar-refractivity contribution is 5.82. The Kier molecular flexibility index (Phi) is 4.94. The normalized spacial score (nSPS) is 28.9. The number of nitrogens with one attached hydrogen (secondary N) is 1. The molecule has 1 unspecified atom stereocenters. The van der Waals surface area contributed by atoms with Crippen molar-refractivity contribution in [2.24, 2.45) is 0 Å². The quantitative estimate of drug-likeness (QED) is 0.810. The summed E-state index contributed by atoms with van der Waals surface area (Å²) >= 11 is 0. The van der Waals surface area contributed by atoms with Crippen LogP contribution in [0.3, 0.4) is 0 Å². The predicted octanol–water partition coefficient (Wildman–Crippen LogP) is 2.08. The molecule has 3 fully saturated rings. The van der Waals surface area contributed by atoms with Gasteiger partial charge in [0.2, 0.25) is 5.91 Å². The Morgan fingerprint density at radius 1 is 1.05 bits per heavy atom. The molecule has 0 bridgehead atoms. The first-order valence-electron chi connectivity index (χ1n) is 8.49. The molecular formula is C16H28N2O2. The first kappa shape index (κ1) is 14.3. The maximum Gasteiger partial charge on any atom is 0.239 e. The summed E-state index contributed by atoms with van der Waals surface area (Å²) in [4.78, 5) is 14.4. The number of likely N-dealkylation sites (tertiary alicyclic amines) is 1. The Bertz CT molecular complexity index is 324. The highest BCUT2D eigenvalue weighted by Crippen LogP contribution is 2.23. The van der Waals surface area contributed by atoms with Gasteiger partial charge in [0, 0.05) is 19.1 Å². The van der Waals surface area contributed by atoms with E-state index < -0.39 is 0 Å². The van der Waals surface area contributed by atoms with Gasteiger partial charge in [-0.05, 0) is 38.5 Å². The summed E-state index contributed by atoms with van der Waals surface area (Å²) in [6.45, 7) is 2.40. The number of hydrogen-bond donors (Lipinski definition) is 1. The number of rotatable bonds is 6. The highest BCUT2D eigenvalue weighted by Gasteiger charge is 2.33. The molecule has 3 rings (SSSR count). The number of amides is 1. The number of carbonyl (C=O) groups excluding carboxylic acids is 1. The van der Waals surface area contributed by atoms with Gasteiger partial charge in [0.05, 0.1) is 18.8 Å². The van der Waals surface area contributed by atoms with E-state index in [1.54, 1.807) is 0 Å². The topological polar surface area (TPSA) is 41.6 Å². The van der Waals surface area contributed by atoms with E-state index >= 15 is 0 Å². The molecule has 4 nitrogen and oxygen atoms in total. The maximum absolute atomic E-state index is 12.4. The van der Waals surface area contributed by atoms with Gasteiger partial charge in [0.15, 0.2) is 0 Å². The minimum Gasteiger partial charge on any atom is -0.376 e. The third-order valence-electron chi connectivity index (χ3n) is 4.81. The van der Waals surface area contributed by atoms with Gasteiger partial charge in [-0.25, -0.2) is 0 Å². The van der Waals surface area contributed by atoms with Crippen LogP contribution >= 0.6 is 0 Å². The van der Waals surface area contributed by atoms with Crippen LogP contribution in [0.15, 0.2) is 0 Å². The van der Waals surface area contributed by atoms with Crippen molar-refractivity contribution >= 4 is 5.91 Å². The van der Waals surface area contributed by atoms with Crippen molar-refractivity contribution in [3.05, 3.63) is 0 Å². The summed E-state index contributed by atoms with van der Waals surface area (Å²) in [5, 5.41) is 3.48. The van der Waals surface area contributed by atoms with Gasteiger partial charge in [-0.3, -0.25) is 4.79 Å². The van der Waals surface area contributed by atoms with Crippen LogP contribution in [0.1, 0.15) is 57.8 Å². The van der Waals surface area contributed by atoms with Crippen LogP contribution in [0.2, 0.25) is 0 Å². The largest absolute Gasteiger partial charge is 0.376 e. The molecule has 0 aromatic carbocycles. The van der Waals surface area contributed by atoms with Gasteiger partial charge in [-0.15, -0.1) is 0 Å². The molecule has 1 N–H and O–H groups in total. The van der Waals surface area contributed by atoms with Crippen LogP contribution in [-0.2, 0) is 9.53 Å². The Balaban J connectivity index is 1.38. The third kappa shape index (κ3) is 3.95. The van der Waals surface area contributed by atoms with Gasteiger partial charge in [0.25, 0.3) is 0 Å². The summed E-state index contributed by atoms with van der Waals surface area (Å²) in [6, 6.07) is 0.688. The molecule has 0 aromatic heterocycles. The van der Waals surface area contributed by atoms with Crippen molar-refractivity contribution in [1.29, 1.82) is 0 Å². The zero-order valence-electron chi connectivity index (χ0n) is 12.5. The molecule has 3 aliphatic rings. The van der Waals surface area contributed by atoms with Crippen LogP contribution in [0.4, 0.5) is 0 Å². The number of carbonyl (C=O) groups is 1. The molecule has 2 aliphatic carbocycles. The van der Waals surface area contributed by atoms with Gasteiger partial charge >= 0.3 is 0 Å². The number of ether oxygens (including phenoxy) is 1. The molecule has 1 atom stereocenters. The molecule has 0 aromatic rings. The van der Waals surface area contributed by atoms with Crippen molar-refractivity contribution in [1.82, 2.24) is 10.2 Å². The Labute approximate surface area is 122 Å². The van der Waals surface area contributed by atoms with Gasteiger partial charge in [0.1, 0.15) is 0 Å². The Morgan fingerprint density at radius 3 is 2.60 bits per heavy atom. The lowest BCUT2D eigenvalue weighted by Gasteiger charge is -2.33. The minimum atomic E-state index is 0.0749. The van der Waals surface area contributed by atoms with E-state index in [-0.39, 0.29) is 6.04 Å². The monoisotopic (exact) mass is 280 g/mol. The molecule has 1 amide bonds. The first-order valence-corrected chi connectivity index (χ1v) is 8.49. The second kappa shape index (κ2) is 6.90. The molecule has 2 saturated carbocycles. The SMILES string of the molecule is O=C1C(NC2CC2)CCCN1CCOC1CCCCC1. The lowest BCUT2D eigenvalue weighted by molar-refractivity contribution is -0.137. The molecule has 1 aliphatic heterocycles. The number of hydrogen-bond acceptors (Lipinski definition) is 3. The van der Waals surface area contributed by atoms with Crippen LogP contribution in [0.25, 0.3) is 0 Å². The van der Waals surface area contributed by atoms with E-state index in [1.165, 1.54) is 44.9 Å². The average molecular weight is 280 g/mol. The average Bonchev–Trinajstić information content (AvgIpc) is 3.28. The standard InChI is InChI=1S/C16H28N2O2/c19-16-15(17-13-8-9-13)7-4-10-18(16)11-12-20-14-5-2-1-3-6-14/h13-15,17H,1-12H2. The van der Waals surface area contributed by atoms with Crippen LogP contribution in [-0.4, -0.2) is 48.7 Å². The van der Waals surface area contributed by atoms with E-state index in [0.717, 1.165) is 25.9 Å². The van der Waals surface area contributed by atoms with E-state index in [2.05, 4.69) is 5.32 Å². The molecule has 1 saturated heterocycles.